The summed E-state index contributed by atoms with van der Waals surface area (Å²) < 4.78 is 0. The number of likely N-dealkylation sites (tertiary alicyclic amines) is 1. The van der Waals surface area contributed by atoms with E-state index < -0.39 is 6.10 Å². The molecular weight excluding hydrogens is 272 g/mol. The molecule has 1 unspecified atom stereocenters. The van der Waals surface area contributed by atoms with E-state index in [1.165, 1.54) is 0 Å². The van der Waals surface area contributed by atoms with Crippen LogP contribution in [0.3, 0.4) is 0 Å². The van der Waals surface area contributed by atoms with Gasteiger partial charge in [0.1, 0.15) is 0 Å². The van der Waals surface area contributed by atoms with Gasteiger partial charge in [-0.15, -0.1) is 0 Å². The van der Waals surface area contributed by atoms with E-state index in [-0.39, 0.29) is 24.5 Å². The van der Waals surface area contributed by atoms with E-state index in [1.54, 1.807) is 24.3 Å². The van der Waals surface area contributed by atoms with Gasteiger partial charge < -0.3 is 10.2 Å². The first kappa shape index (κ1) is 14.2. The molecule has 6 nitrogen and oxygen atoms in total. The van der Waals surface area contributed by atoms with Gasteiger partial charge in [0, 0.05) is 19.6 Å². The van der Waals surface area contributed by atoms with Crippen LogP contribution in [0.1, 0.15) is 27.1 Å². The van der Waals surface area contributed by atoms with Crippen LogP contribution >= 0.6 is 0 Å². The highest BCUT2D eigenvalue weighted by Gasteiger charge is 2.36. The number of carbonyl (C=O) groups is 2. The smallest absolute Gasteiger partial charge is 0.261 e. The fraction of sp³-hybridized carbons (Fsp3) is 0.467. The van der Waals surface area contributed by atoms with Crippen LogP contribution in [-0.2, 0) is 0 Å². The number of hydrogen-bond acceptors (Lipinski definition) is 5. The Morgan fingerprint density at radius 1 is 1.14 bits per heavy atom. The number of nitrogens with zero attached hydrogens (tertiary/aromatic N) is 2. The average molecular weight is 290 g/mol. The molecule has 112 valence electrons. The highest BCUT2D eigenvalue weighted by atomic mass is 16.3. The van der Waals surface area contributed by atoms with Crippen LogP contribution in [0.4, 0.5) is 0 Å². The van der Waals surface area contributed by atoms with Crippen LogP contribution in [0, 0.1) is 0 Å². The SMILES string of the molecule is O=C1c2ccccc2C(=O)N1CC(O)CN1CC[C@H](O)C1. The first-order valence-electron chi connectivity index (χ1n) is 7.10. The van der Waals surface area contributed by atoms with E-state index in [0.717, 1.165) is 11.4 Å². The second-order valence-corrected chi connectivity index (χ2v) is 5.62. The number of aliphatic hydroxyl groups excluding tert-OH is 2. The zero-order chi connectivity index (χ0) is 15.0. The molecule has 0 saturated carbocycles. The second kappa shape index (κ2) is 5.55. The Balaban J connectivity index is 1.63. The Hall–Kier alpha value is -1.76. The summed E-state index contributed by atoms with van der Waals surface area (Å²) in [5.74, 6) is -0.702. The predicted molar refractivity (Wildman–Crippen MR) is 74.9 cm³/mol. The van der Waals surface area contributed by atoms with E-state index in [9.17, 15) is 19.8 Å². The number of aliphatic hydroxyl groups is 2. The van der Waals surface area contributed by atoms with Gasteiger partial charge in [-0.3, -0.25) is 19.4 Å². The topological polar surface area (TPSA) is 81.1 Å². The van der Waals surface area contributed by atoms with Crippen molar-refractivity contribution in [3.05, 3.63) is 35.4 Å². The minimum atomic E-state index is -0.808. The molecule has 2 heterocycles. The van der Waals surface area contributed by atoms with Crippen molar-refractivity contribution in [3.63, 3.8) is 0 Å². The Kier molecular flexibility index (Phi) is 3.75. The van der Waals surface area contributed by atoms with Crippen LogP contribution in [0.25, 0.3) is 0 Å². The average Bonchev–Trinajstić information content (AvgIpc) is 2.97. The van der Waals surface area contributed by atoms with Gasteiger partial charge in [0.25, 0.3) is 11.8 Å². The van der Waals surface area contributed by atoms with E-state index in [4.69, 9.17) is 0 Å². The van der Waals surface area contributed by atoms with Crippen LogP contribution in [-0.4, -0.2) is 70.2 Å². The third kappa shape index (κ3) is 2.70. The van der Waals surface area contributed by atoms with E-state index in [1.807, 2.05) is 4.90 Å². The van der Waals surface area contributed by atoms with Gasteiger partial charge in [0.2, 0.25) is 0 Å². The van der Waals surface area contributed by atoms with Crippen LogP contribution in [0.5, 0.6) is 0 Å². The van der Waals surface area contributed by atoms with Crippen molar-refractivity contribution in [1.82, 2.24) is 9.80 Å². The molecule has 0 aromatic heterocycles. The van der Waals surface area contributed by atoms with Crippen molar-refractivity contribution in [2.75, 3.05) is 26.2 Å². The third-order valence-corrected chi connectivity index (χ3v) is 3.99. The van der Waals surface area contributed by atoms with Gasteiger partial charge >= 0.3 is 0 Å². The molecule has 1 aromatic rings. The number of fused-ring (bicyclic) bond motifs is 1. The van der Waals surface area contributed by atoms with E-state index in [2.05, 4.69) is 0 Å². The van der Waals surface area contributed by atoms with E-state index in [0.29, 0.717) is 30.6 Å². The molecule has 1 saturated heterocycles. The van der Waals surface area contributed by atoms with Gasteiger partial charge in [-0.1, -0.05) is 12.1 Å². The summed E-state index contributed by atoms with van der Waals surface area (Å²) in [5.41, 5.74) is 0.789. The lowest BCUT2D eigenvalue weighted by molar-refractivity contribution is 0.0481. The normalized spacial score (nSPS) is 23.7. The molecule has 0 spiro atoms. The Morgan fingerprint density at radius 2 is 1.76 bits per heavy atom. The monoisotopic (exact) mass is 290 g/mol. The Morgan fingerprint density at radius 3 is 2.29 bits per heavy atom. The van der Waals surface area contributed by atoms with Gasteiger partial charge in [-0.2, -0.15) is 0 Å². The molecule has 2 aliphatic rings. The molecule has 2 atom stereocenters. The summed E-state index contributed by atoms with van der Waals surface area (Å²) in [6.07, 6.45) is -0.464. The molecule has 2 N–H and O–H groups in total. The van der Waals surface area contributed by atoms with Crippen LogP contribution in [0.15, 0.2) is 24.3 Å². The maximum absolute atomic E-state index is 12.2. The standard InChI is InChI=1S/C15H18N2O4/c18-10-5-6-16(7-10)8-11(19)9-17-14(20)12-3-1-2-4-13(12)15(17)21/h1-4,10-11,18-19H,5-9H2/t10-,11?/m0/s1. The molecule has 6 heteroatoms. The second-order valence-electron chi connectivity index (χ2n) is 5.62. The molecular formula is C15H18N2O4. The van der Waals surface area contributed by atoms with Gasteiger partial charge in [0.15, 0.2) is 0 Å². The summed E-state index contributed by atoms with van der Waals surface area (Å²) >= 11 is 0. The number of β-amino-alcohol motifs (C(OH)–C–C–N with tert-alkyl or cyclic N) is 2. The molecule has 2 aliphatic heterocycles. The van der Waals surface area contributed by atoms with E-state index >= 15 is 0 Å². The fourth-order valence-corrected chi connectivity index (χ4v) is 2.95. The summed E-state index contributed by atoms with van der Waals surface area (Å²) in [6, 6.07) is 6.68. The van der Waals surface area contributed by atoms with Crippen molar-refractivity contribution in [2.45, 2.75) is 18.6 Å². The zero-order valence-electron chi connectivity index (χ0n) is 11.6. The summed E-state index contributed by atoms with van der Waals surface area (Å²) in [6.45, 7) is 1.59. The first-order valence-corrected chi connectivity index (χ1v) is 7.10. The Labute approximate surface area is 122 Å². The van der Waals surface area contributed by atoms with Crippen molar-refractivity contribution >= 4 is 11.8 Å². The first-order chi connectivity index (χ1) is 10.1. The molecule has 2 amide bonds. The summed E-state index contributed by atoms with van der Waals surface area (Å²) in [7, 11) is 0. The number of imide groups is 1. The minimum absolute atomic E-state index is 0.0149. The number of amides is 2. The lowest BCUT2D eigenvalue weighted by atomic mass is 10.1. The minimum Gasteiger partial charge on any atom is -0.392 e. The van der Waals surface area contributed by atoms with Crippen molar-refractivity contribution in [3.8, 4) is 0 Å². The molecule has 1 aromatic carbocycles. The zero-order valence-corrected chi connectivity index (χ0v) is 11.6. The summed E-state index contributed by atoms with van der Waals surface area (Å²) in [5, 5.41) is 19.6. The largest absolute Gasteiger partial charge is 0.392 e. The highest BCUT2D eigenvalue weighted by Crippen LogP contribution is 2.22. The molecule has 0 aliphatic carbocycles. The number of rotatable bonds is 4. The fourth-order valence-electron chi connectivity index (χ4n) is 2.95. The van der Waals surface area contributed by atoms with Gasteiger partial charge in [0.05, 0.1) is 29.9 Å². The maximum atomic E-state index is 12.2. The Bertz CT molecular complexity index is 540. The number of hydrogen-bond donors (Lipinski definition) is 2. The predicted octanol–water partition coefficient (Wildman–Crippen LogP) is -0.290. The molecule has 0 radical (unpaired) electrons. The number of carbonyl (C=O) groups excluding carboxylic acids is 2. The molecule has 21 heavy (non-hydrogen) atoms. The molecule has 3 rings (SSSR count). The maximum Gasteiger partial charge on any atom is 0.261 e. The van der Waals surface area contributed by atoms with Crippen molar-refractivity contribution in [2.24, 2.45) is 0 Å². The van der Waals surface area contributed by atoms with Crippen molar-refractivity contribution in [1.29, 1.82) is 0 Å². The highest BCUT2D eigenvalue weighted by molar-refractivity contribution is 6.21. The van der Waals surface area contributed by atoms with Crippen LogP contribution in [0.2, 0.25) is 0 Å². The van der Waals surface area contributed by atoms with Crippen LogP contribution < -0.4 is 0 Å². The van der Waals surface area contributed by atoms with Gasteiger partial charge in [-0.25, -0.2) is 0 Å². The lowest BCUT2D eigenvalue weighted by Gasteiger charge is -2.23. The lowest BCUT2D eigenvalue weighted by Crippen LogP contribution is -2.42. The quantitative estimate of drug-likeness (QED) is 0.745. The van der Waals surface area contributed by atoms with Crippen molar-refractivity contribution < 1.29 is 19.8 Å². The number of benzene rings is 1. The molecule has 1 fully saturated rings. The summed E-state index contributed by atoms with van der Waals surface area (Å²) in [4.78, 5) is 27.4. The molecule has 0 bridgehead atoms. The third-order valence-electron chi connectivity index (χ3n) is 3.99. The van der Waals surface area contributed by atoms with Gasteiger partial charge in [-0.05, 0) is 18.6 Å².